The minimum absolute atomic E-state index is 0.113. The van der Waals surface area contributed by atoms with E-state index in [4.69, 9.17) is 14.2 Å². The lowest BCUT2D eigenvalue weighted by molar-refractivity contribution is -0.121. The van der Waals surface area contributed by atoms with Gasteiger partial charge in [0.25, 0.3) is 0 Å². The molecule has 0 bridgehead atoms. The summed E-state index contributed by atoms with van der Waals surface area (Å²) in [6.45, 7) is 3.81. The zero-order chi connectivity index (χ0) is 16.1. The van der Waals surface area contributed by atoms with E-state index in [0.717, 1.165) is 18.1 Å². The van der Waals surface area contributed by atoms with Gasteiger partial charge in [-0.15, -0.1) is 0 Å². The van der Waals surface area contributed by atoms with E-state index >= 15 is 0 Å². The van der Waals surface area contributed by atoms with Crippen LogP contribution < -0.4 is 5.32 Å². The van der Waals surface area contributed by atoms with Crippen molar-refractivity contribution in [3.8, 4) is 0 Å². The van der Waals surface area contributed by atoms with Gasteiger partial charge in [-0.1, -0.05) is 6.42 Å². The first-order valence-corrected chi connectivity index (χ1v) is 11.0. The van der Waals surface area contributed by atoms with Gasteiger partial charge < -0.3 is 19.5 Å². The van der Waals surface area contributed by atoms with Crippen molar-refractivity contribution >= 4 is 15.9 Å². The molecule has 0 aromatic heterocycles. The molecular formula is C17H31NO4S. The fraction of sp³-hybridized carbons (Fsp3) is 0.941. The van der Waals surface area contributed by atoms with Gasteiger partial charge in [-0.05, 0) is 25.0 Å². The molecule has 0 saturated carbocycles. The number of amides is 1. The molecule has 0 aliphatic carbocycles. The molecule has 23 heavy (non-hydrogen) atoms. The van der Waals surface area contributed by atoms with Crippen LogP contribution in [-0.4, -0.2) is 74.1 Å². The van der Waals surface area contributed by atoms with Gasteiger partial charge in [0.05, 0.1) is 26.4 Å². The van der Waals surface area contributed by atoms with Crippen LogP contribution in [0.15, 0.2) is 0 Å². The van der Waals surface area contributed by atoms with Crippen molar-refractivity contribution in [2.24, 2.45) is 0 Å². The summed E-state index contributed by atoms with van der Waals surface area (Å²) in [4.78, 5) is 11.7. The maximum Gasteiger partial charge on any atom is 0.219 e. The van der Waals surface area contributed by atoms with E-state index < -0.39 is 0 Å². The number of methoxy groups -OCH3 is 1. The number of nitrogens with one attached hydrogen (secondary N) is 1. The maximum atomic E-state index is 11.7. The van der Waals surface area contributed by atoms with Crippen molar-refractivity contribution in [3.05, 3.63) is 0 Å². The molecule has 3 saturated heterocycles. The van der Waals surface area contributed by atoms with Crippen LogP contribution in [0.1, 0.15) is 32.1 Å². The summed E-state index contributed by atoms with van der Waals surface area (Å²) >= 11 is 0. The molecule has 4 unspecified atom stereocenters. The highest BCUT2D eigenvalue weighted by Crippen LogP contribution is 3.09. The minimum atomic E-state index is 0.113. The third-order valence-corrected chi connectivity index (χ3v) is 10.1. The van der Waals surface area contributed by atoms with Crippen molar-refractivity contribution < 1.29 is 19.0 Å². The molecule has 1 spiro atoms. The van der Waals surface area contributed by atoms with Crippen LogP contribution in [0.2, 0.25) is 0 Å². The van der Waals surface area contributed by atoms with Crippen LogP contribution in [0, 0.1) is 0 Å². The van der Waals surface area contributed by atoms with Crippen LogP contribution in [0.25, 0.3) is 0 Å². The maximum absolute atomic E-state index is 11.7. The van der Waals surface area contributed by atoms with Crippen LogP contribution in [0.3, 0.4) is 0 Å². The minimum Gasteiger partial charge on any atom is -0.382 e. The van der Waals surface area contributed by atoms with Gasteiger partial charge in [-0.3, -0.25) is 4.79 Å². The summed E-state index contributed by atoms with van der Waals surface area (Å²) in [5, 5.41) is 6.59. The normalized spacial score (nSPS) is 34.9. The largest absolute Gasteiger partial charge is 0.382 e. The number of ether oxygens (including phenoxy) is 3. The predicted octanol–water partition coefficient (Wildman–Crippen LogP) is 1.68. The Labute approximate surface area is 141 Å². The van der Waals surface area contributed by atoms with Gasteiger partial charge in [-0.2, -0.15) is 0 Å². The Morgan fingerprint density at radius 2 is 1.83 bits per heavy atom. The number of hydrogen-bond acceptors (Lipinski definition) is 4. The fourth-order valence-corrected chi connectivity index (χ4v) is 9.04. The summed E-state index contributed by atoms with van der Waals surface area (Å²) in [5.74, 6) is 1.81. The first-order valence-electron chi connectivity index (χ1n) is 8.99. The zero-order valence-electron chi connectivity index (χ0n) is 14.3. The molecule has 5 nitrogen and oxygen atoms in total. The lowest BCUT2D eigenvalue weighted by atomic mass is 10.1. The highest BCUT2D eigenvalue weighted by atomic mass is 32.3. The van der Waals surface area contributed by atoms with E-state index in [9.17, 15) is 4.79 Å². The number of hydrogen-bond donors (Lipinski definition) is 1. The molecule has 3 heterocycles. The Balaban J connectivity index is 1.02. The van der Waals surface area contributed by atoms with Crippen molar-refractivity contribution in [2.75, 3.05) is 52.4 Å². The van der Waals surface area contributed by atoms with E-state index in [1.165, 1.54) is 23.3 Å². The Bertz CT molecular complexity index is 408. The summed E-state index contributed by atoms with van der Waals surface area (Å²) in [6.07, 6.45) is 5.27. The Hall–Kier alpha value is -0.300. The van der Waals surface area contributed by atoms with Crippen molar-refractivity contribution in [1.29, 1.82) is 0 Å². The second-order valence-electron chi connectivity index (χ2n) is 6.78. The first kappa shape index (κ1) is 17.5. The first-order chi connectivity index (χ1) is 11.3. The average Bonchev–Trinajstić information content (AvgIpc) is 3.46. The van der Waals surface area contributed by atoms with Crippen molar-refractivity contribution in [3.63, 3.8) is 0 Å². The van der Waals surface area contributed by atoms with Gasteiger partial charge >= 0.3 is 0 Å². The average molecular weight is 346 g/mol. The molecule has 0 aromatic rings. The molecule has 1 N–H and O–H groups in total. The molecule has 0 aromatic carbocycles. The highest BCUT2D eigenvalue weighted by Gasteiger charge is 2.93. The fourth-order valence-electron chi connectivity index (χ4n) is 3.70. The Morgan fingerprint density at radius 3 is 2.52 bits per heavy atom. The topological polar surface area (TPSA) is 56.8 Å². The van der Waals surface area contributed by atoms with Gasteiger partial charge in [0.1, 0.15) is 0 Å². The van der Waals surface area contributed by atoms with Crippen LogP contribution in [-0.2, 0) is 19.0 Å². The van der Waals surface area contributed by atoms with E-state index in [1.807, 2.05) is 0 Å². The van der Waals surface area contributed by atoms with E-state index in [0.29, 0.717) is 46.0 Å². The second kappa shape index (κ2) is 8.19. The molecule has 3 aliphatic heterocycles. The van der Waals surface area contributed by atoms with E-state index in [-0.39, 0.29) is 15.9 Å². The third-order valence-electron chi connectivity index (χ3n) is 5.29. The van der Waals surface area contributed by atoms with Gasteiger partial charge in [0, 0.05) is 42.4 Å². The molecule has 3 rings (SSSR count). The lowest BCUT2D eigenvalue weighted by Gasteiger charge is -2.07. The van der Waals surface area contributed by atoms with E-state index in [1.54, 1.807) is 12.9 Å². The van der Waals surface area contributed by atoms with Crippen molar-refractivity contribution in [2.45, 2.75) is 47.9 Å². The molecule has 4 atom stereocenters. The summed E-state index contributed by atoms with van der Waals surface area (Å²) in [7, 11) is 1.77. The third kappa shape index (κ3) is 4.41. The standard InChI is InChI=1S/C17H31NO4S/c1-20-9-10-22-12-11-21-8-4-7-18-16(19)6-3-2-5-14-17-15-13-23(14,15)17/h14-15,17H,2-13H2,1H3,(H,18,19). The van der Waals surface area contributed by atoms with Gasteiger partial charge in [0.15, 0.2) is 0 Å². The Morgan fingerprint density at radius 1 is 1.09 bits per heavy atom. The van der Waals surface area contributed by atoms with Crippen LogP contribution >= 0.6 is 10.0 Å². The molecular weight excluding hydrogens is 314 g/mol. The lowest BCUT2D eigenvalue weighted by Crippen LogP contribution is -2.25. The molecule has 134 valence electrons. The summed E-state index contributed by atoms with van der Waals surface area (Å²) in [6, 6.07) is 0. The Kier molecular flexibility index (Phi) is 6.24. The van der Waals surface area contributed by atoms with E-state index in [2.05, 4.69) is 5.32 Å². The van der Waals surface area contributed by atoms with Crippen LogP contribution in [0.4, 0.5) is 0 Å². The van der Waals surface area contributed by atoms with Gasteiger partial charge in [0.2, 0.25) is 5.91 Å². The highest BCUT2D eigenvalue weighted by molar-refractivity contribution is 8.54. The number of rotatable bonds is 15. The number of carbonyl (C=O) groups is 1. The molecule has 3 fully saturated rings. The van der Waals surface area contributed by atoms with Crippen molar-refractivity contribution in [1.82, 2.24) is 5.32 Å². The van der Waals surface area contributed by atoms with Crippen LogP contribution in [0.5, 0.6) is 0 Å². The molecule has 6 heteroatoms. The molecule has 3 aliphatic rings. The molecule has 1 amide bonds. The number of unbranched alkanes of at least 4 members (excludes halogenated alkanes) is 1. The monoisotopic (exact) mass is 345 g/mol. The quantitative estimate of drug-likeness (QED) is 0.362. The number of fused-ring (bicyclic) bond motifs is 1. The predicted molar refractivity (Wildman–Crippen MR) is 93.4 cm³/mol. The number of carbonyl (C=O) groups excluding carboxylic acids is 1. The SMILES string of the molecule is COCCOCCOCCCNC(=O)CCCCC1C2C3CS132. The molecule has 0 radical (unpaired) electrons. The zero-order valence-corrected chi connectivity index (χ0v) is 15.1. The smallest absolute Gasteiger partial charge is 0.219 e. The summed E-state index contributed by atoms with van der Waals surface area (Å²) in [5.41, 5.74) is 0. The summed E-state index contributed by atoms with van der Waals surface area (Å²) < 4.78 is 15.6. The second-order valence-corrected chi connectivity index (χ2v) is 10.7. The van der Waals surface area contributed by atoms with Gasteiger partial charge in [-0.25, -0.2) is 10.0 Å².